The maximum atomic E-state index is 11.4. The Morgan fingerprint density at radius 3 is 2.65 bits per heavy atom. The lowest BCUT2D eigenvalue weighted by Crippen LogP contribution is -2.46. The van der Waals surface area contributed by atoms with Crippen molar-refractivity contribution in [2.45, 2.75) is 26.4 Å². The van der Waals surface area contributed by atoms with E-state index < -0.39 is 25.7 Å². The standard InChI is InChI=1S/C9H18NO6P/c1-9(2,6-16-17(14)15)7(12)8(13)10-4-3-5-11/h5,7,12,17H,3-4,6H2,1-2H3,(H,10,13)(H,14,15). The molecule has 0 saturated heterocycles. The van der Waals surface area contributed by atoms with Gasteiger partial charge in [0.15, 0.2) is 0 Å². The Morgan fingerprint density at radius 1 is 1.59 bits per heavy atom. The van der Waals surface area contributed by atoms with Gasteiger partial charge in [-0.15, -0.1) is 0 Å². The zero-order valence-electron chi connectivity index (χ0n) is 9.80. The molecule has 0 fully saturated rings. The molecule has 0 aromatic carbocycles. The highest BCUT2D eigenvalue weighted by molar-refractivity contribution is 7.32. The second-order valence-electron chi connectivity index (χ2n) is 4.19. The van der Waals surface area contributed by atoms with Crippen molar-refractivity contribution in [3.8, 4) is 0 Å². The number of carbonyl (C=O) groups excluding carboxylic acids is 2. The van der Waals surface area contributed by atoms with Gasteiger partial charge in [-0.05, 0) is 0 Å². The van der Waals surface area contributed by atoms with Crippen molar-refractivity contribution in [2.24, 2.45) is 5.41 Å². The molecule has 100 valence electrons. The molecule has 0 bridgehead atoms. The third kappa shape index (κ3) is 6.53. The Kier molecular flexibility index (Phi) is 7.22. The number of hydrogen-bond acceptors (Lipinski definition) is 5. The molecule has 7 nitrogen and oxygen atoms in total. The number of aliphatic hydroxyl groups excluding tert-OH is 1. The van der Waals surface area contributed by atoms with E-state index in [0.717, 1.165) is 0 Å². The molecule has 0 aromatic heterocycles. The van der Waals surface area contributed by atoms with Crippen LogP contribution >= 0.6 is 8.25 Å². The van der Waals surface area contributed by atoms with Crippen LogP contribution in [0.25, 0.3) is 0 Å². The van der Waals surface area contributed by atoms with Gasteiger partial charge in [0, 0.05) is 18.4 Å². The summed E-state index contributed by atoms with van der Waals surface area (Å²) < 4.78 is 14.9. The number of aliphatic hydroxyl groups is 1. The molecule has 0 heterocycles. The van der Waals surface area contributed by atoms with E-state index in [9.17, 15) is 19.3 Å². The zero-order valence-corrected chi connectivity index (χ0v) is 10.8. The molecule has 0 aliphatic heterocycles. The molecule has 0 rings (SSSR count). The van der Waals surface area contributed by atoms with Crippen molar-refractivity contribution in [1.82, 2.24) is 5.32 Å². The maximum Gasteiger partial charge on any atom is 0.316 e. The van der Waals surface area contributed by atoms with Gasteiger partial charge < -0.3 is 24.6 Å². The van der Waals surface area contributed by atoms with Crippen molar-refractivity contribution in [2.75, 3.05) is 13.2 Å². The van der Waals surface area contributed by atoms with Crippen LogP contribution in [0.5, 0.6) is 0 Å². The highest BCUT2D eigenvalue weighted by Crippen LogP contribution is 2.26. The third-order valence-corrected chi connectivity index (χ3v) is 2.51. The topological polar surface area (TPSA) is 113 Å². The van der Waals surface area contributed by atoms with Gasteiger partial charge in [0.1, 0.15) is 12.4 Å². The first-order valence-electron chi connectivity index (χ1n) is 5.06. The minimum atomic E-state index is -3.09. The Labute approximate surface area is 100 Å². The quantitative estimate of drug-likeness (QED) is 0.310. The van der Waals surface area contributed by atoms with Crippen LogP contribution in [-0.4, -0.2) is 41.4 Å². The maximum absolute atomic E-state index is 11.4. The van der Waals surface area contributed by atoms with Crippen molar-refractivity contribution in [3.63, 3.8) is 0 Å². The summed E-state index contributed by atoms with van der Waals surface area (Å²) in [5, 5.41) is 12.1. The van der Waals surface area contributed by atoms with Crippen molar-refractivity contribution in [3.05, 3.63) is 0 Å². The van der Waals surface area contributed by atoms with Gasteiger partial charge >= 0.3 is 8.25 Å². The molecular formula is C9H18NO6P. The molecule has 1 amide bonds. The smallest absolute Gasteiger partial charge is 0.316 e. The Morgan fingerprint density at radius 2 is 2.18 bits per heavy atom. The number of nitrogens with one attached hydrogen (secondary N) is 1. The summed E-state index contributed by atoms with van der Waals surface area (Å²) in [5.41, 5.74) is -0.992. The minimum Gasteiger partial charge on any atom is -0.383 e. The predicted octanol–water partition coefficient (Wildman–Crippen LogP) is -0.523. The fourth-order valence-corrected chi connectivity index (χ4v) is 1.53. The first-order chi connectivity index (χ1) is 7.81. The average molecular weight is 267 g/mol. The average Bonchev–Trinajstić information content (AvgIpc) is 2.25. The summed E-state index contributed by atoms with van der Waals surface area (Å²) in [5.74, 6) is -0.641. The third-order valence-electron chi connectivity index (χ3n) is 2.12. The van der Waals surface area contributed by atoms with Crippen molar-refractivity contribution >= 4 is 20.4 Å². The summed E-state index contributed by atoms with van der Waals surface area (Å²) in [7, 11) is -3.09. The summed E-state index contributed by atoms with van der Waals surface area (Å²) in [6.45, 7) is 2.99. The second kappa shape index (κ2) is 7.55. The van der Waals surface area contributed by atoms with E-state index in [0.29, 0.717) is 6.29 Å². The monoisotopic (exact) mass is 267 g/mol. The fourth-order valence-electron chi connectivity index (χ4n) is 1.03. The summed E-state index contributed by atoms with van der Waals surface area (Å²) in [6, 6.07) is 0. The molecule has 0 spiro atoms. The van der Waals surface area contributed by atoms with Gasteiger partial charge in [-0.2, -0.15) is 0 Å². The molecule has 17 heavy (non-hydrogen) atoms. The van der Waals surface area contributed by atoms with E-state index in [-0.39, 0.29) is 19.6 Å². The van der Waals surface area contributed by atoms with Gasteiger partial charge in [0.25, 0.3) is 0 Å². The van der Waals surface area contributed by atoms with Gasteiger partial charge in [-0.3, -0.25) is 9.36 Å². The Balaban J connectivity index is 4.24. The van der Waals surface area contributed by atoms with Gasteiger partial charge in [-0.25, -0.2) is 0 Å². The van der Waals surface area contributed by atoms with Crippen molar-refractivity contribution < 1.29 is 28.7 Å². The second-order valence-corrected chi connectivity index (χ2v) is 5.01. The van der Waals surface area contributed by atoms with E-state index in [1.54, 1.807) is 0 Å². The minimum absolute atomic E-state index is 0.146. The molecule has 2 atom stereocenters. The molecule has 3 N–H and O–H groups in total. The molecule has 2 unspecified atom stereocenters. The number of hydrogen-bond donors (Lipinski definition) is 3. The van der Waals surface area contributed by atoms with E-state index >= 15 is 0 Å². The lowest BCUT2D eigenvalue weighted by atomic mass is 9.87. The molecule has 0 aliphatic carbocycles. The van der Waals surface area contributed by atoms with Crippen LogP contribution in [0.15, 0.2) is 0 Å². The van der Waals surface area contributed by atoms with Crippen molar-refractivity contribution in [1.29, 1.82) is 0 Å². The number of rotatable bonds is 8. The van der Waals surface area contributed by atoms with Crippen LogP contribution in [-0.2, 0) is 18.7 Å². The van der Waals surface area contributed by atoms with Crippen LogP contribution in [0.2, 0.25) is 0 Å². The van der Waals surface area contributed by atoms with E-state index in [1.807, 2.05) is 0 Å². The summed E-state index contributed by atoms with van der Waals surface area (Å²) >= 11 is 0. The number of carbonyl (C=O) groups is 2. The molecule has 0 radical (unpaired) electrons. The summed E-state index contributed by atoms with van der Waals surface area (Å²) in [4.78, 5) is 30.0. The van der Waals surface area contributed by atoms with Crippen LogP contribution < -0.4 is 5.32 Å². The normalized spacial score (nSPS) is 15.1. The van der Waals surface area contributed by atoms with Gasteiger partial charge in [0.05, 0.1) is 6.61 Å². The summed E-state index contributed by atoms with van der Waals surface area (Å²) in [6.07, 6.45) is -0.561. The van der Waals surface area contributed by atoms with E-state index in [4.69, 9.17) is 4.89 Å². The van der Waals surface area contributed by atoms with Crippen LogP contribution in [0, 0.1) is 5.41 Å². The van der Waals surface area contributed by atoms with Crippen LogP contribution in [0.4, 0.5) is 0 Å². The molecular weight excluding hydrogens is 249 g/mol. The van der Waals surface area contributed by atoms with E-state index in [1.165, 1.54) is 13.8 Å². The zero-order chi connectivity index (χ0) is 13.5. The predicted molar refractivity (Wildman–Crippen MR) is 60.7 cm³/mol. The van der Waals surface area contributed by atoms with Gasteiger partial charge in [0.2, 0.25) is 5.91 Å². The first kappa shape index (κ1) is 16.2. The first-order valence-corrected chi connectivity index (χ1v) is 6.32. The largest absolute Gasteiger partial charge is 0.383 e. The molecule has 0 aromatic rings. The Hall–Kier alpha value is -0.750. The highest BCUT2D eigenvalue weighted by atomic mass is 31.1. The van der Waals surface area contributed by atoms with Crippen LogP contribution in [0.3, 0.4) is 0 Å². The lowest BCUT2D eigenvalue weighted by Gasteiger charge is -2.28. The molecule has 8 heteroatoms. The van der Waals surface area contributed by atoms with Gasteiger partial charge in [-0.1, -0.05) is 13.8 Å². The highest BCUT2D eigenvalue weighted by Gasteiger charge is 2.34. The number of amides is 1. The lowest BCUT2D eigenvalue weighted by molar-refractivity contribution is -0.136. The SMILES string of the molecule is CC(C)(CO[PH](=O)O)C(O)C(=O)NCCC=O. The molecule has 0 aliphatic rings. The Bertz CT molecular complexity index is 293. The number of aldehydes is 1. The molecule has 0 saturated carbocycles. The van der Waals surface area contributed by atoms with Crippen LogP contribution in [0.1, 0.15) is 20.3 Å². The fraction of sp³-hybridized carbons (Fsp3) is 0.778. The van der Waals surface area contributed by atoms with E-state index in [2.05, 4.69) is 9.84 Å².